The number of aryl methyl sites for hydroxylation is 2. The lowest BCUT2D eigenvalue weighted by atomic mass is 9.95. The van der Waals surface area contributed by atoms with Gasteiger partial charge in [0.25, 0.3) is 11.8 Å². The van der Waals surface area contributed by atoms with E-state index in [1.807, 2.05) is 37.3 Å². The molecule has 1 amide bonds. The molecule has 202 valence electrons. The Bertz CT molecular complexity index is 1700. The largest absolute Gasteiger partial charge is 0.497 e. The van der Waals surface area contributed by atoms with Gasteiger partial charge in [0.2, 0.25) is 5.82 Å². The number of halogens is 1. The lowest BCUT2D eigenvalue weighted by molar-refractivity contribution is 0.0946. The summed E-state index contributed by atoms with van der Waals surface area (Å²) in [5, 5.41) is 6.76. The van der Waals surface area contributed by atoms with E-state index in [0.29, 0.717) is 23.0 Å². The smallest absolute Gasteiger partial charge is 0.258 e. The van der Waals surface area contributed by atoms with Gasteiger partial charge in [-0.25, -0.2) is 4.39 Å². The molecule has 0 aliphatic rings. The van der Waals surface area contributed by atoms with E-state index in [0.717, 1.165) is 22.3 Å². The maximum atomic E-state index is 15.0. The number of methoxy groups -OCH3 is 2. The van der Waals surface area contributed by atoms with Crippen LogP contribution in [0.5, 0.6) is 11.5 Å². The summed E-state index contributed by atoms with van der Waals surface area (Å²) in [7, 11) is 3.09. The molecule has 7 nitrogen and oxygen atoms in total. The van der Waals surface area contributed by atoms with Crippen LogP contribution >= 0.6 is 0 Å². The van der Waals surface area contributed by atoms with Crippen LogP contribution in [0.3, 0.4) is 0 Å². The van der Waals surface area contributed by atoms with E-state index in [1.165, 1.54) is 30.4 Å². The highest BCUT2D eigenvalue weighted by molar-refractivity contribution is 5.95. The Kier molecular flexibility index (Phi) is 7.59. The predicted octanol–water partition coefficient (Wildman–Crippen LogP) is 6.77. The van der Waals surface area contributed by atoms with Gasteiger partial charge < -0.3 is 19.3 Å². The predicted molar refractivity (Wildman–Crippen MR) is 151 cm³/mol. The number of hydrogen-bond acceptors (Lipinski definition) is 6. The fourth-order valence-electron chi connectivity index (χ4n) is 4.54. The first-order valence-corrected chi connectivity index (χ1v) is 12.7. The van der Waals surface area contributed by atoms with E-state index in [4.69, 9.17) is 14.0 Å². The zero-order chi connectivity index (χ0) is 28.2. The standard InChI is InChI=1S/C32H28FN3O4/c1-19-7-5-6-8-25(19)26-13-11-22(15-20(26)2)32-35-30(36-40-32)21-10-14-27(28(33)16-21)31(37)34-18-23-9-12-24(38-3)17-29(23)39-4/h5-17H,18H2,1-4H3,(H,34,37). The second kappa shape index (κ2) is 11.4. The van der Waals surface area contributed by atoms with Gasteiger partial charge in [0, 0.05) is 29.3 Å². The van der Waals surface area contributed by atoms with Gasteiger partial charge in [0.15, 0.2) is 0 Å². The molecule has 40 heavy (non-hydrogen) atoms. The summed E-state index contributed by atoms with van der Waals surface area (Å²) in [6, 6.07) is 23.6. The van der Waals surface area contributed by atoms with Crippen LogP contribution in [0.2, 0.25) is 0 Å². The molecule has 8 heteroatoms. The van der Waals surface area contributed by atoms with Crippen molar-refractivity contribution >= 4 is 5.91 Å². The minimum Gasteiger partial charge on any atom is -0.497 e. The fraction of sp³-hybridized carbons (Fsp3) is 0.156. The number of aromatic nitrogens is 2. The van der Waals surface area contributed by atoms with Crippen LogP contribution < -0.4 is 14.8 Å². The molecule has 0 bridgehead atoms. The number of carbonyl (C=O) groups excluding carboxylic acids is 1. The molecular formula is C32H28FN3O4. The molecule has 0 spiro atoms. The van der Waals surface area contributed by atoms with Gasteiger partial charge >= 0.3 is 0 Å². The molecule has 0 fully saturated rings. The minimum absolute atomic E-state index is 0.0950. The van der Waals surface area contributed by atoms with E-state index in [2.05, 4.69) is 34.5 Å². The van der Waals surface area contributed by atoms with Crippen LogP contribution in [0.1, 0.15) is 27.0 Å². The van der Waals surface area contributed by atoms with Gasteiger partial charge in [0.1, 0.15) is 17.3 Å². The summed E-state index contributed by atoms with van der Waals surface area (Å²) in [4.78, 5) is 17.2. The zero-order valence-corrected chi connectivity index (χ0v) is 22.6. The number of amides is 1. The minimum atomic E-state index is -0.693. The molecular weight excluding hydrogens is 509 g/mol. The van der Waals surface area contributed by atoms with E-state index < -0.39 is 11.7 Å². The number of hydrogen-bond donors (Lipinski definition) is 1. The van der Waals surface area contributed by atoms with Crippen molar-refractivity contribution in [1.82, 2.24) is 15.5 Å². The normalized spacial score (nSPS) is 10.8. The van der Waals surface area contributed by atoms with Crippen molar-refractivity contribution in [1.29, 1.82) is 0 Å². The van der Waals surface area contributed by atoms with Crippen molar-refractivity contribution in [3.63, 3.8) is 0 Å². The molecule has 0 aliphatic heterocycles. The maximum Gasteiger partial charge on any atom is 0.258 e. The summed E-state index contributed by atoms with van der Waals surface area (Å²) in [6.07, 6.45) is 0. The first-order valence-electron chi connectivity index (χ1n) is 12.7. The summed E-state index contributed by atoms with van der Waals surface area (Å²) >= 11 is 0. The number of nitrogens with one attached hydrogen (secondary N) is 1. The van der Waals surface area contributed by atoms with Gasteiger partial charge in [0.05, 0.1) is 19.8 Å². The van der Waals surface area contributed by atoms with Crippen molar-refractivity contribution < 1.29 is 23.2 Å². The van der Waals surface area contributed by atoms with Crippen molar-refractivity contribution in [3.8, 4) is 45.5 Å². The molecule has 0 saturated heterocycles. The first kappa shape index (κ1) is 26.6. The van der Waals surface area contributed by atoms with Gasteiger partial charge in [-0.05, 0) is 72.5 Å². The van der Waals surface area contributed by atoms with Crippen LogP contribution in [-0.4, -0.2) is 30.3 Å². The molecule has 0 saturated carbocycles. The lowest BCUT2D eigenvalue weighted by Gasteiger charge is -2.12. The van der Waals surface area contributed by atoms with Gasteiger partial charge in [-0.1, -0.05) is 41.6 Å². The fourth-order valence-corrected chi connectivity index (χ4v) is 4.54. The Labute approximate surface area is 231 Å². The Morgan fingerprint density at radius 3 is 2.38 bits per heavy atom. The highest BCUT2D eigenvalue weighted by Crippen LogP contribution is 2.31. The number of nitrogens with zero attached hydrogens (tertiary/aromatic N) is 2. The van der Waals surface area contributed by atoms with Crippen molar-refractivity contribution in [3.05, 3.63) is 107 Å². The maximum absolute atomic E-state index is 15.0. The van der Waals surface area contributed by atoms with Crippen LogP contribution in [0.15, 0.2) is 83.4 Å². The molecule has 5 rings (SSSR count). The topological polar surface area (TPSA) is 86.5 Å². The number of ether oxygens (including phenoxy) is 2. The van der Waals surface area contributed by atoms with E-state index in [1.54, 1.807) is 31.4 Å². The van der Waals surface area contributed by atoms with Crippen molar-refractivity contribution in [2.45, 2.75) is 20.4 Å². The number of carbonyl (C=O) groups is 1. The van der Waals surface area contributed by atoms with E-state index in [-0.39, 0.29) is 17.9 Å². The van der Waals surface area contributed by atoms with Crippen molar-refractivity contribution in [2.24, 2.45) is 0 Å². The second-order valence-electron chi connectivity index (χ2n) is 9.32. The number of rotatable bonds is 8. The lowest BCUT2D eigenvalue weighted by Crippen LogP contribution is -2.24. The SMILES string of the molecule is COc1ccc(CNC(=O)c2ccc(-c3noc(-c4ccc(-c5ccccc5C)c(C)c4)n3)cc2F)c(OC)c1. The van der Waals surface area contributed by atoms with Gasteiger partial charge in [-0.2, -0.15) is 4.98 Å². The summed E-state index contributed by atoms with van der Waals surface area (Å²) in [5.41, 5.74) is 6.35. The number of benzene rings is 4. The highest BCUT2D eigenvalue weighted by Gasteiger charge is 2.17. The summed E-state index contributed by atoms with van der Waals surface area (Å²) in [5.74, 6) is 0.493. The third-order valence-corrected chi connectivity index (χ3v) is 6.74. The molecule has 5 aromatic rings. The van der Waals surface area contributed by atoms with Crippen LogP contribution in [0.4, 0.5) is 4.39 Å². The van der Waals surface area contributed by atoms with E-state index in [9.17, 15) is 9.18 Å². The molecule has 1 heterocycles. The highest BCUT2D eigenvalue weighted by atomic mass is 19.1. The van der Waals surface area contributed by atoms with Crippen molar-refractivity contribution in [2.75, 3.05) is 14.2 Å². The molecule has 1 aromatic heterocycles. The zero-order valence-electron chi connectivity index (χ0n) is 22.6. The Morgan fingerprint density at radius 2 is 1.65 bits per heavy atom. The van der Waals surface area contributed by atoms with Crippen LogP contribution in [-0.2, 0) is 6.54 Å². The Hall–Kier alpha value is -4.98. The molecule has 0 aliphatic carbocycles. The molecule has 0 unspecified atom stereocenters. The first-order chi connectivity index (χ1) is 19.4. The molecule has 4 aromatic carbocycles. The molecule has 1 N–H and O–H groups in total. The van der Waals surface area contributed by atoms with Gasteiger partial charge in [-0.15, -0.1) is 0 Å². The monoisotopic (exact) mass is 537 g/mol. The summed E-state index contributed by atoms with van der Waals surface area (Å²) in [6.45, 7) is 4.27. The Morgan fingerprint density at radius 1 is 0.875 bits per heavy atom. The molecule has 0 radical (unpaired) electrons. The van der Waals surface area contributed by atoms with Gasteiger partial charge in [-0.3, -0.25) is 4.79 Å². The quantitative estimate of drug-likeness (QED) is 0.235. The third kappa shape index (κ3) is 5.42. The Balaban J connectivity index is 1.31. The second-order valence-corrected chi connectivity index (χ2v) is 9.32. The van der Waals surface area contributed by atoms with E-state index >= 15 is 0 Å². The van der Waals surface area contributed by atoms with Crippen LogP contribution in [0.25, 0.3) is 34.0 Å². The third-order valence-electron chi connectivity index (χ3n) is 6.74. The van der Waals surface area contributed by atoms with Crippen LogP contribution in [0, 0.1) is 19.7 Å². The molecule has 0 atom stereocenters. The summed E-state index contributed by atoms with van der Waals surface area (Å²) < 4.78 is 31.0. The average Bonchev–Trinajstić information content (AvgIpc) is 3.47. The average molecular weight is 538 g/mol.